The van der Waals surface area contributed by atoms with E-state index < -0.39 is 0 Å². The Morgan fingerprint density at radius 3 is 1.75 bits per heavy atom. The maximum Gasteiger partial charge on any atom is 0.160 e. The lowest BCUT2D eigenvalue weighted by Gasteiger charge is -2.32. The van der Waals surface area contributed by atoms with Gasteiger partial charge >= 0.3 is 0 Å². The molecule has 1 fully saturated rings. The van der Waals surface area contributed by atoms with Gasteiger partial charge in [0.2, 0.25) is 0 Å². The summed E-state index contributed by atoms with van der Waals surface area (Å²) >= 11 is 0. The van der Waals surface area contributed by atoms with Crippen LogP contribution in [0.5, 0.6) is 0 Å². The summed E-state index contributed by atoms with van der Waals surface area (Å²) in [7, 11) is 0. The van der Waals surface area contributed by atoms with Gasteiger partial charge in [0.15, 0.2) is 6.29 Å². The molecule has 120 valence electrons. The van der Waals surface area contributed by atoms with Crippen LogP contribution in [0, 0.1) is 11.8 Å². The molecule has 0 spiro atoms. The Morgan fingerprint density at radius 2 is 1.30 bits per heavy atom. The molecule has 0 aromatic heterocycles. The summed E-state index contributed by atoms with van der Waals surface area (Å²) in [6.45, 7) is 8.59. The minimum absolute atomic E-state index is 0.0659. The van der Waals surface area contributed by atoms with Gasteiger partial charge in [-0.05, 0) is 31.6 Å². The van der Waals surface area contributed by atoms with Crippen molar-refractivity contribution in [2.75, 3.05) is 13.2 Å². The first-order chi connectivity index (χ1) is 9.77. The Bertz CT molecular complexity index is 197. The number of hydrogen-bond acceptors (Lipinski definition) is 2. The molecule has 20 heavy (non-hydrogen) atoms. The fraction of sp³-hybridized carbons (Fsp3) is 1.00. The number of hydrogen-bond donors (Lipinski definition) is 0. The molecule has 0 amide bonds. The first kappa shape index (κ1) is 18.0. The smallest absolute Gasteiger partial charge is 0.160 e. The maximum atomic E-state index is 6.08. The molecule has 1 rings (SSSR count). The zero-order chi connectivity index (χ0) is 14.6. The lowest BCUT2D eigenvalue weighted by Crippen LogP contribution is -2.31. The molecule has 2 nitrogen and oxygen atoms in total. The van der Waals surface area contributed by atoms with Crippen molar-refractivity contribution in [1.29, 1.82) is 0 Å². The lowest BCUT2D eigenvalue weighted by atomic mass is 9.82. The van der Waals surface area contributed by atoms with Crippen LogP contribution in [0.15, 0.2) is 0 Å². The van der Waals surface area contributed by atoms with Crippen molar-refractivity contribution < 1.29 is 9.47 Å². The first-order valence-electron chi connectivity index (χ1n) is 9.01. The number of unbranched alkanes of at least 4 members (excludes halogenated alkanes) is 4. The highest BCUT2D eigenvalue weighted by Gasteiger charge is 2.27. The highest BCUT2D eigenvalue weighted by molar-refractivity contribution is 4.73. The molecular weight excluding hydrogens is 248 g/mol. The van der Waals surface area contributed by atoms with Crippen molar-refractivity contribution in [2.45, 2.75) is 91.3 Å². The topological polar surface area (TPSA) is 18.5 Å². The normalized spacial score (nSPS) is 23.4. The molecule has 0 bridgehead atoms. The molecule has 1 aliphatic rings. The third kappa shape index (κ3) is 7.64. The summed E-state index contributed by atoms with van der Waals surface area (Å²) in [4.78, 5) is 0. The van der Waals surface area contributed by atoms with Crippen LogP contribution in [0.4, 0.5) is 0 Å². The van der Waals surface area contributed by atoms with Gasteiger partial charge in [-0.2, -0.15) is 0 Å². The third-order valence-electron chi connectivity index (χ3n) is 4.51. The second-order valence-electron chi connectivity index (χ2n) is 6.54. The van der Waals surface area contributed by atoms with Crippen LogP contribution in [0.3, 0.4) is 0 Å². The van der Waals surface area contributed by atoms with Crippen LogP contribution in [0.2, 0.25) is 0 Å². The van der Waals surface area contributed by atoms with Crippen molar-refractivity contribution in [2.24, 2.45) is 11.8 Å². The van der Waals surface area contributed by atoms with Crippen molar-refractivity contribution in [3.05, 3.63) is 0 Å². The minimum Gasteiger partial charge on any atom is -0.352 e. The Kier molecular flexibility index (Phi) is 10.4. The predicted molar refractivity (Wildman–Crippen MR) is 85.9 cm³/mol. The van der Waals surface area contributed by atoms with Crippen LogP contribution in [-0.4, -0.2) is 19.5 Å². The average Bonchev–Trinajstić information content (AvgIpc) is 2.47. The van der Waals surface area contributed by atoms with Crippen molar-refractivity contribution in [1.82, 2.24) is 0 Å². The Hall–Kier alpha value is -0.0800. The fourth-order valence-electron chi connectivity index (χ4n) is 2.98. The predicted octanol–water partition coefficient (Wildman–Crippen LogP) is 5.55. The quantitative estimate of drug-likeness (QED) is 0.366. The summed E-state index contributed by atoms with van der Waals surface area (Å²) < 4.78 is 12.2. The molecule has 0 saturated heterocycles. The first-order valence-corrected chi connectivity index (χ1v) is 9.01. The minimum atomic E-state index is 0.0659. The average molecular weight is 284 g/mol. The monoisotopic (exact) mass is 284 g/mol. The standard InChI is InChI=1S/C18H36O2/c1-4-6-8-14-19-18(20-15-9-7-5-2)17-12-10-16(3)11-13-17/h16-18H,4-15H2,1-3H3. The van der Waals surface area contributed by atoms with E-state index >= 15 is 0 Å². The van der Waals surface area contributed by atoms with Crippen molar-refractivity contribution in [3.63, 3.8) is 0 Å². The highest BCUT2D eigenvalue weighted by atomic mass is 16.7. The van der Waals surface area contributed by atoms with Gasteiger partial charge in [-0.3, -0.25) is 0 Å². The molecule has 1 saturated carbocycles. The molecule has 0 heterocycles. The second-order valence-corrected chi connectivity index (χ2v) is 6.54. The van der Waals surface area contributed by atoms with Gasteiger partial charge in [0.1, 0.15) is 0 Å². The second kappa shape index (κ2) is 11.6. The van der Waals surface area contributed by atoms with E-state index in [-0.39, 0.29) is 6.29 Å². The zero-order valence-electron chi connectivity index (χ0n) is 14.0. The number of rotatable bonds is 11. The van der Waals surface area contributed by atoms with Gasteiger partial charge in [0, 0.05) is 19.1 Å². The van der Waals surface area contributed by atoms with E-state index in [0.717, 1.165) is 19.1 Å². The third-order valence-corrected chi connectivity index (χ3v) is 4.51. The molecule has 0 radical (unpaired) electrons. The molecule has 2 heteroatoms. The molecule has 0 aliphatic heterocycles. The van der Waals surface area contributed by atoms with Crippen LogP contribution in [0.1, 0.15) is 85.0 Å². The molecule has 0 aromatic carbocycles. The molecule has 0 atom stereocenters. The van der Waals surface area contributed by atoms with Crippen LogP contribution in [-0.2, 0) is 9.47 Å². The lowest BCUT2D eigenvalue weighted by molar-refractivity contribution is -0.180. The Balaban J connectivity index is 2.29. The van der Waals surface area contributed by atoms with E-state index in [1.165, 1.54) is 64.2 Å². The van der Waals surface area contributed by atoms with Crippen molar-refractivity contribution in [3.8, 4) is 0 Å². The van der Waals surface area contributed by atoms with E-state index in [4.69, 9.17) is 9.47 Å². The summed E-state index contributed by atoms with van der Waals surface area (Å²) in [5.41, 5.74) is 0. The van der Waals surface area contributed by atoms with Gasteiger partial charge < -0.3 is 9.47 Å². The molecule has 0 aromatic rings. The molecule has 0 N–H and O–H groups in total. The van der Waals surface area contributed by atoms with E-state index in [2.05, 4.69) is 20.8 Å². The largest absolute Gasteiger partial charge is 0.352 e. The molecule has 0 unspecified atom stereocenters. The van der Waals surface area contributed by atoms with Gasteiger partial charge in [-0.1, -0.05) is 59.3 Å². The van der Waals surface area contributed by atoms with Gasteiger partial charge in [-0.15, -0.1) is 0 Å². The summed E-state index contributed by atoms with van der Waals surface area (Å²) in [6, 6.07) is 0. The summed E-state index contributed by atoms with van der Waals surface area (Å²) in [5, 5.41) is 0. The number of ether oxygens (including phenoxy) is 2. The summed E-state index contributed by atoms with van der Waals surface area (Å²) in [5.74, 6) is 1.53. The van der Waals surface area contributed by atoms with E-state index in [0.29, 0.717) is 5.92 Å². The molecule has 1 aliphatic carbocycles. The SMILES string of the molecule is CCCCCOC(OCCCCC)C1CCC(C)CC1. The van der Waals surface area contributed by atoms with E-state index in [1.807, 2.05) is 0 Å². The van der Waals surface area contributed by atoms with Crippen LogP contribution >= 0.6 is 0 Å². The van der Waals surface area contributed by atoms with Gasteiger partial charge in [0.25, 0.3) is 0 Å². The zero-order valence-corrected chi connectivity index (χ0v) is 14.0. The van der Waals surface area contributed by atoms with Gasteiger partial charge in [-0.25, -0.2) is 0 Å². The summed E-state index contributed by atoms with van der Waals surface area (Å²) in [6.07, 6.45) is 12.7. The Labute approximate surface area is 126 Å². The highest BCUT2D eigenvalue weighted by Crippen LogP contribution is 2.32. The van der Waals surface area contributed by atoms with Crippen molar-refractivity contribution >= 4 is 0 Å². The van der Waals surface area contributed by atoms with Crippen LogP contribution in [0.25, 0.3) is 0 Å². The van der Waals surface area contributed by atoms with E-state index in [9.17, 15) is 0 Å². The van der Waals surface area contributed by atoms with Crippen LogP contribution < -0.4 is 0 Å². The fourth-order valence-corrected chi connectivity index (χ4v) is 2.98. The molecular formula is C18H36O2. The maximum absolute atomic E-state index is 6.08. The Morgan fingerprint density at radius 1 is 0.800 bits per heavy atom. The van der Waals surface area contributed by atoms with Gasteiger partial charge in [0.05, 0.1) is 0 Å². The van der Waals surface area contributed by atoms with E-state index in [1.54, 1.807) is 0 Å².